The van der Waals surface area contributed by atoms with E-state index in [-0.39, 0.29) is 36.9 Å². The number of hydrogen-bond acceptors (Lipinski definition) is 5. The van der Waals surface area contributed by atoms with E-state index in [1.54, 1.807) is 30.6 Å². The number of nitrogens with one attached hydrogen (secondary N) is 2. The summed E-state index contributed by atoms with van der Waals surface area (Å²) in [5.41, 5.74) is 2.15. The van der Waals surface area contributed by atoms with Crippen LogP contribution in [0.1, 0.15) is 22.0 Å². The molecule has 0 saturated carbocycles. The summed E-state index contributed by atoms with van der Waals surface area (Å²) in [5.74, 6) is 0.280. The quantitative estimate of drug-likeness (QED) is 0.834. The second-order valence-electron chi connectivity index (χ2n) is 6.05. The zero-order valence-corrected chi connectivity index (χ0v) is 14.8. The standard InChI is InChI=1S/C18H18N4O3.ClH/c23-17-11-25-16-8-12(3-4-14(16)21-17)18(24)22-7-6-20-10-15(22)13-2-1-5-19-9-13;/h1-5,8-9,15,20H,6-7,10-11H2,(H,21,23);1H. The van der Waals surface area contributed by atoms with E-state index in [9.17, 15) is 9.59 Å². The highest BCUT2D eigenvalue weighted by Crippen LogP contribution is 2.30. The third-order valence-corrected chi connectivity index (χ3v) is 4.43. The molecular weight excluding hydrogens is 356 g/mol. The summed E-state index contributed by atoms with van der Waals surface area (Å²) in [6, 6.07) is 8.92. The summed E-state index contributed by atoms with van der Waals surface area (Å²) < 4.78 is 5.42. The lowest BCUT2D eigenvalue weighted by Crippen LogP contribution is -2.48. The van der Waals surface area contributed by atoms with E-state index < -0.39 is 0 Å². The molecule has 0 aliphatic carbocycles. The van der Waals surface area contributed by atoms with E-state index in [1.807, 2.05) is 17.0 Å². The zero-order valence-electron chi connectivity index (χ0n) is 14.0. The smallest absolute Gasteiger partial charge is 0.262 e. The number of fused-ring (bicyclic) bond motifs is 1. The summed E-state index contributed by atoms with van der Waals surface area (Å²) >= 11 is 0. The maximum absolute atomic E-state index is 13.1. The molecule has 0 bridgehead atoms. The molecule has 0 radical (unpaired) electrons. The van der Waals surface area contributed by atoms with E-state index >= 15 is 0 Å². The Kier molecular flexibility index (Phi) is 5.39. The van der Waals surface area contributed by atoms with E-state index in [4.69, 9.17) is 4.74 Å². The van der Waals surface area contributed by atoms with Gasteiger partial charge in [0, 0.05) is 37.6 Å². The fourth-order valence-corrected chi connectivity index (χ4v) is 3.19. The summed E-state index contributed by atoms with van der Waals surface area (Å²) in [7, 11) is 0. The number of carbonyl (C=O) groups excluding carboxylic acids is 2. The Morgan fingerprint density at radius 2 is 2.19 bits per heavy atom. The fourth-order valence-electron chi connectivity index (χ4n) is 3.19. The number of nitrogens with zero attached hydrogens (tertiary/aromatic N) is 2. The molecule has 1 aromatic carbocycles. The number of pyridine rings is 1. The molecule has 2 aliphatic heterocycles. The number of benzene rings is 1. The van der Waals surface area contributed by atoms with Crippen LogP contribution in [0.5, 0.6) is 5.75 Å². The molecule has 2 amide bonds. The van der Waals surface area contributed by atoms with Gasteiger partial charge < -0.3 is 20.3 Å². The summed E-state index contributed by atoms with van der Waals surface area (Å²) in [4.78, 5) is 30.5. The van der Waals surface area contributed by atoms with Crippen LogP contribution in [0.2, 0.25) is 0 Å². The minimum Gasteiger partial charge on any atom is -0.482 e. The van der Waals surface area contributed by atoms with Crippen molar-refractivity contribution >= 4 is 29.9 Å². The van der Waals surface area contributed by atoms with Crippen LogP contribution >= 0.6 is 12.4 Å². The monoisotopic (exact) mass is 374 g/mol. The summed E-state index contributed by atoms with van der Waals surface area (Å²) in [6.45, 7) is 2.03. The third kappa shape index (κ3) is 3.49. The van der Waals surface area contributed by atoms with Gasteiger partial charge in [-0.2, -0.15) is 0 Å². The van der Waals surface area contributed by atoms with Crippen molar-refractivity contribution in [3.05, 3.63) is 53.9 Å². The lowest BCUT2D eigenvalue weighted by molar-refractivity contribution is -0.118. The van der Waals surface area contributed by atoms with Gasteiger partial charge in [-0.05, 0) is 29.8 Å². The Bertz CT molecular complexity index is 815. The topological polar surface area (TPSA) is 83.6 Å². The molecule has 2 aliphatic rings. The summed E-state index contributed by atoms with van der Waals surface area (Å²) in [6.07, 6.45) is 3.52. The number of rotatable bonds is 2. The largest absolute Gasteiger partial charge is 0.482 e. The predicted octanol–water partition coefficient (Wildman–Crippen LogP) is 1.62. The average Bonchev–Trinajstić information content (AvgIpc) is 2.67. The highest BCUT2D eigenvalue weighted by atomic mass is 35.5. The molecule has 1 aromatic heterocycles. The van der Waals surface area contributed by atoms with Crippen LogP contribution in [0.4, 0.5) is 5.69 Å². The first-order valence-corrected chi connectivity index (χ1v) is 8.21. The highest BCUT2D eigenvalue weighted by Gasteiger charge is 2.29. The Morgan fingerprint density at radius 3 is 3.00 bits per heavy atom. The maximum atomic E-state index is 13.1. The number of amides is 2. The van der Waals surface area contributed by atoms with Gasteiger partial charge in [0.25, 0.3) is 11.8 Å². The van der Waals surface area contributed by atoms with E-state index in [1.165, 1.54) is 0 Å². The molecule has 1 unspecified atom stereocenters. The summed E-state index contributed by atoms with van der Waals surface area (Å²) in [5, 5.41) is 6.06. The molecule has 1 saturated heterocycles. The SMILES string of the molecule is Cl.O=C1COc2cc(C(=O)N3CCNCC3c3cccnc3)ccc2N1. The zero-order chi connectivity index (χ0) is 17.2. The number of carbonyl (C=O) groups is 2. The number of halogens is 1. The molecular formula is C18H19ClN4O3. The molecule has 1 fully saturated rings. The molecule has 8 heteroatoms. The molecule has 26 heavy (non-hydrogen) atoms. The number of aromatic nitrogens is 1. The van der Waals surface area contributed by atoms with E-state index in [2.05, 4.69) is 15.6 Å². The van der Waals surface area contributed by atoms with E-state index in [0.717, 1.165) is 12.1 Å². The first kappa shape index (κ1) is 18.2. The van der Waals surface area contributed by atoms with Crippen LogP contribution in [0, 0.1) is 0 Å². The van der Waals surface area contributed by atoms with Crippen molar-refractivity contribution in [1.82, 2.24) is 15.2 Å². The van der Waals surface area contributed by atoms with Crippen molar-refractivity contribution in [3.8, 4) is 5.75 Å². The first-order valence-electron chi connectivity index (χ1n) is 8.21. The lowest BCUT2D eigenvalue weighted by Gasteiger charge is -2.36. The first-order chi connectivity index (χ1) is 12.2. The van der Waals surface area contributed by atoms with E-state index in [0.29, 0.717) is 30.1 Å². The predicted molar refractivity (Wildman–Crippen MR) is 98.7 cm³/mol. The number of piperazine rings is 1. The van der Waals surface area contributed by atoms with Crippen LogP contribution in [-0.2, 0) is 4.79 Å². The molecule has 0 spiro atoms. The fraction of sp³-hybridized carbons (Fsp3) is 0.278. The van der Waals surface area contributed by atoms with Crippen LogP contribution in [0.25, 0.3) is 0 Å². The third-order valence-electron chi connectivity index (χ3n) is 4.43. The molecule has 2 N–H and O–H groups in total. The Labute approximate surface area is 157 Å². The minimum atomic E-state index is -0.190. The molecule has 1 atom stereocenters. The van der Waals surface area contributed by atoms with Crippen molar-refractivity contribution < 1.29 is 14.3 Å². The van der Waals surface area contributed by atoms with Gasteiger partial charge in [0.1, 0.15) is 5.75 Å². The van der Waals surface area contributed by atoms with Crippen LogP contribution in [-0.4, -0.2) is 47.9 Å². The Balaban J connectivity index is 0.00000196. The van der Waals surface area contributed by atoms with Crippen molar-refractivity contribution in [1.29, 1.82) is 0 Å². The van der Waals surface area contributed by atoms with Gasteiger partial charge in [0.2, 0.25) is 0 Å². The number of anilines is 1. The van der Waals surface area contributed by atoms with Gasteiger partial charge in [0.15, 0.2) is 6.61 Å². The van der Waals surface area contributed by atoms with Crippen molar-refractivity contribution in [2.75, 3.05) is 31.6 Å². The second-order valence-corrected chi connectivity index (χ2v) is 6.05. The highest BCUT2D eigenvalue weighted by molar-refractivity contribution is 5.99. The van der Waals surface area contributed by atoms with Crippen LogP contribution in [0.3, 0.4) is 0 Å². The molecule has 2 aromatic rings. The second kappa shape index (κ2) is 7.72. The number of hydrogen-bond donors (Lipinski definition) is 2. The van der Waals surface area contributed by atoms with Gasteiger partial charge in [-0.25, -0.2) is 0 Å². The maximum Gasteiger partial charge on any atom is 0.262 e. The Hall–Kier alpha value is -2.64. The van der Waals surface area contributed by atoms with Crippen molar-refractivity contribution in [3.63, 3.8) is 0 Å². The lowest BCUT2D eigenvalue weighted by atomic mass is 10.0. The van der Waals surface area contributed by atoms with Gasteiger partial charge in [-0.1, -0.05) is 6.07 Å². The van der Waals surface area contributed by atoms with Gasteiger partial charge in [-0.15, -0.1) is 12.4 Å². The van der Waals surface area contributed by atoms with Crippen LogP contribution in [0.15, 0.2) is 42.7 Å². The van der Waals surface area contributed by atoms with Gasteiger partial charge >= 0.3 is 0 Å². The van der Waals surface area contributed by atoms with Crippen molar-refractivity contribution in [2.24, 2.45) is 0 Å². The molecule has 3 heterocycles. The van der Waals surface area contributed by atoms with Crippen molar-refractivity contribution in [2.45, 2.75) is 6.04 Å². The molecule has 7 nitrogen and oxygen atoms in total. The van der Waals surface area contributed by atoms with Gasteiger partial charge in [0.05, 0.1) is 11.7 Å². The Morgan fingerprint density at radius 1 is 1.31 bits per heavy atom. The molecule has 4 rings (SSSR count). The normalized spacial score (nSPS) is 18.8. The average molecular weight is 375 g/mol. The molecule has 136 valence electrons. The van der Waals surface area contributed by atoms with Crippen LogP contribution < -0.4 is 15.4 Å². The number of ether oxygens (including phenoxy) is 1. The van der Waals surface area contributed by atoms with Gasteiger partial charge in [-0.3, -0.25) is 14.6 Å². The minimum absolute atomic E-state index is 0.